The molecular formula is C26H28FN5O. The lowest BCUT2D eigenvalue weighted by atomic mass is 9.79. The number of nitrogens with two attached hydrogens (primary N) is 1. The Bertz CT molecular complexity index is 1210. The molecule has 4 rings (SSSR count). The number of halogens is 1. The molecule has 0 spiro atoms. The average Bonchev–Trinajstić information content (AvgIpc) is 3.25. The molecule has 1 atom stereocenters. The molecule has 2 aromatic carbocycles. The number of nitrogens with one attached hydrogen (secondary N) is 1. The standard InChI is InChI=1S/C26H28FN5O/c1-17-15-32(16-29-17)24-12-11-22(13-25(24)33-3)30-18(2)31-26-20(14-28)5-4-6-23(26)19-7-9-21(27)10-8-19/h7-16,23,30H,2,4-6,28H2,1,3H3/b20-14-,31-26?. The van der Waals surface area contributed by atoms with Crippen molar-refractivity contribution in [1.82, 2.24) is 9.55 Å². The lowest BCUT2D eigenvalue weighted by Gasteiger charge is -2.27. The van der Waals surface area contributed by atoms with Crippen LogP contribution < -0.4 is 15.8 Å². The number of aromatic nitrogens is 2. The maximum absolute atomic E-state index is 13.4. The molecule has 0 saturated heterocycles. The summed E-state index contributed by atoms with van der Waals surface area (Å²) in [6, 6.07) is 12.4. The molecule has 3 aromatic rings. The zero-order valence-corrected chi connectivity index (χ0v) is 18.9. The van der Waals surface area contributed by atoms with Crippen LogP contribution in [0.4, 0.5) is 10.1 Å². The first kappa shape index (κ1) is 22.3. The second kappa shape index (κ2) is 9.73. The first-order valence-corrected chi connectivity index (χ1v) is 10.9. The predicted molar refractivity (Wildman–Crippen MR) is 130 cm³/mol. The smallest absolute Gasteiger partial charge is 0.144 e. The number of ether oxygens (including phenoxy) is 1. The summed E-state index contributed by atoms with van der Waals surface area (Å²) in [4.78, 5) is 9.10. The minimum Gasteiger partial charge on any atom is -0.494 e. The van der Waals surface area contributed by atoms with Crippen LogP contribution in [0.5, 0.6) is 5.75 Å². The largest absolute Gasteiger partial charge is 0.494 e. The van der Waals surface area contributed by atoms with E-state index < -0.39 is 0 Å². The third-order valence-corrected chi connectivity index (χ3v) is 5.79. The number of allylic oxidation sites excluding steroid dienone is 1. The second-order valence-electron chi connectivity index (χ2n) is 8.07. The van der Waals surface area contributed by atoms with E-state index in [1.165, 1.54) is 12.1 Å². The van der Waals surface area contributed by atoms with E-state index in [2.05, 4.69) is 16.9 Å². The van der Waals surface area contributed by atoms with Crippen LogP contribution in [0.3, 0.4) is 0 Å². The first-order valence-electron chi connectivity index (χ1n) is 10.9. The molecule has 1 heterocycles. The molecular weight excluding hydrogens is 417 g/mol. The van der Waals surface area contributed by atoms with Gasteiger partial charge in [0.15, 0.2) is 0 Å². The van der Waals surface area contributed by atoms with Crippen LogP contribution >= 0.6 is 0 Å². The van der Waals surface area contributed by atoms with Crippen molar-refractivity contribution < 1.29 is 9.13 Å². The summed E-state index contributed by atoms with van der Waals surface area (Å²) in [5.41, 5.74) is 11.4. The van der Waals surface area contributed by atoms with E-state index in [-0.39, 0.29) is 11.7 Å². The van der Waals surface area contributed by atoms with E-state index in [9.17, 15) is 4.39 Å². The molecule has 0 amide bonds. The van der Waals surface area contributed by atoms with Gasteiger partial charge in [-0.25, -0.2) is 14.4 Å². The summed E-state index contributed by atoms with van der Waals surface area (Å²) < 4.78 is 21.0. The van der Waals surface area contributed by atoms with Crippen LogP contribution in [0, 0.1) is 12.7 Å². The summed E-state index contributed by atoms with van der Waals surface area (Å²) in [6.07, 6.45) is 8.08. The first-order chi connectivity index (χ1) is 16.0. The molecule has 7 heteroatoms. The molecule has 0 radical (unpaired) electrons. The molecule has 0 aliphatic heterocycles. The van der Waals surface area contributed by atoms with E-state index in [4.69, 9.17) is 15.5 Å². The van der Waals surface area contributed by atoms with Crippen molar-refractivity contribution in [3.8, 4) is 11.4 Å². The van der Waals surface area contributed by atoms with Crippen LogP contribution in [0.1, 0.15) is 36.4 Å². The molecule has 3 N–H and O–H groups in total. The van der Waals surface area contributed by atoms with Gasteiger partial charge in [0, 0.05) is 23.9 Å². The normalized spacial score (nSPS) is 18.5. The van der Waals surface area contributed by atoms with Crippen molar-refractivity contribution in [1.29, 1.82) is 0 Å². The van der Waals surface area contributed by atoms with Crippen molar-refractivity contribution in [2.45, 2.75) is 32.1 Å². The Morgan fingerprint density at radius 2 is 2.09 bits per heavy atom. The van der Waals surface area contributed by atoms with Crippen LogP contribution in [-0.4, -0.2) is 22.4 Å². The van der Waals surface area contributed by atoms with Crippen molar-refractivity contribution in [3.63, 3.8) is 0 Å². The van der Waals surface area contributed by atoms with Gasteiger partial charge in [0.1, 0.15) is 17.4 Å². The fourth-order valence-corrected chi connectivity index (χ4v) is 4.18. The van der Waals surface area contributed by atoms with E-state index in [1.54, 1.807) is 19.6 Å². The van der Waals surface area contributed by atoms with Gasteiger partial charge in [-0.05, 0) is 67.8 Å². The molecule has 1 saturated carbocycles. The quantitative estimate of drug-likeness (QED) is 0.528. The topological polar surface area (TPSA) is 77.5 Å². The van der Waals surface area contributed by atoms with Gasteiger partial charge in [-0.1, -0.05) is 18.7 Å². The van der Waals surface area contributed by atoms with Gasteiger partial charge in [-0.3, -0.25) is 0 Å². The summed E-state index contributed by atoms with van der Waals surface area (Å²) in [6.45, 7) is 6.05. The van der Waals surface area contributed by atoms with E-state index in [0.717, 1.165) is 53.2 Å². The van der Waals surface area contributed by atoms with Gasteiger partial charge in [-0.2, -0.15) is 0 Å². The number of rotatable bonds is 6. The fraction of sp³-hybridized carbons (Fsp3) is 0.231. The Hall–Kier alpha value is -3.87. The Kier molecular flexibility index (Phi) is 6.58. The maximum atomic E-state index is 13.4. The van der Waals surface area contributed by atoms with E-state index >= 15 is 0 Å². The number of hydrogen-bond acceptors (Lipinski definition) is 5. The fourth-order valence-electron chi connectivity index (χ4n) is 4.18. The highest BCUT2D eigenvalue weighted by molar-refractivity contribution is 6.06. The minimum absolute atomic E-state index is 0.0362. The second-order valence-corrected chi connectivity index (χ2v) is 8.07. The van der Waals surface area contributed by atoms with Crippen LogP contribution in [0.25, 0.3) is 5.69 Å². The van der Waals surface area contributed by atoms with Crippen LogP contribution in [0.2, 0.25) is 0 Å². The lowest BCUT2D eigenvalue weighted by Crippen LogP contribution is -2.22. The van der Waals surface area contributed by atoms with Crippen molar-refractivity contribution in [2.75, 3.05) is 12.4 Å². The van der Waals surface area contributed by atoms with E-state index in [0.29, 0.717) is 11.6 Å². The highest BCUT2D eigenvalue weighted by Gasteiger charge is 2.26. The zero-order valence-electron chi connectivity index (χ0n) is 18.9. The third-order valence-electron chi connectivity index (χ3n) is 5.79. The van der Waals surface area contributed by atoms with Gasteiger partial charge in [0.25, 0.3) is 0 Å². The summed E-state index contributed by atoms with van der Waals surface area (Å²) in [7, 11) is 1.63. The average molecular weight is 446 g/mol. The van der Waals surface area contributed by atoms with Gasteiger partial charge >= 0.3 is 0 Å². The van der Waals surface area contributed by atoms with Crippen LogP contribution in [0.15, 0.2) is 84.2 Å². The number of aryl methyl sites for hydroxylation is 1. The zero-order chi connectivity index (χ0) is 23.4. The van der Waals surface area contributed by atoms with Gasteiger partial charge < -0.3 is 20.4 Å². The number of anilines is 1. The molecule has 6 nitrogen and oxygen atoms in total. The van der Waals surface area contributed by atoms with E-state index in [1.807, 2.05) is 48.0 Å². The number of methoxy groups -OCH3 is 1. The van der Waals surface area contributed by atoms with Crippen molar-refractivity contribution in [3.05, 3.63) is 96.2 Å². The molecule has 1 aliphatic rings. The molecule has 1 aromatic heterocycles. The highest BCUT2D eigenvalue weighted by Crippen LogP contribution is 2.35. The van der Waals surface area contributed by atoms with Crippen molar-refractivity contribution in [2.24, 2.45) is 10.7 Å². The highest BCUT2D eigenvalue weighted by atomic mass is 19.1. The third kappa shape index (κ3) is 4.98. The summed E-state index contributed by atoms with van der Waals surface area (Å²) in [5.74, 6) is 0.972. The molecule has 1 aliphatic carbocycles. The number of nitrogens with zero attached hydrogens (tertiary/aromatic N) is 3. The SMILES string of the molecule is C=C(N=C1/C(=C\N)CCCC1c1ccc(F)cc1)Nc1ccc(-n2cnc(C)c2)c(OC)c1. The molecule has 0 bridgehead atoms. The maximum Gasteiger partial charge on any atom is 0.144 e. The summed E-state index contributed by atoms with van der Waals surface area (Å²) >= 11 is 0. The monoisotopic (exact) mass is 445 g/mol. The van der Waals surface area contributed by atoms with Gasteiger partial charge in [0.05, 0.1) is 30.5 Å². The number of benzene rings is 2. The minimum atomic E-state index is -0.253. The molecule has 33 heavy (non-hydrogen) atoms. The Morgan fingerprint density at radius 1 is 1.30 bits per heavy atom. The van der Waals surface area contributed by atoms with Crippen LogP contribution in [-0.2, 0) is 0 Å². The van der Waals surface area contributed by atoms with Gasteiger partial charge in [-0.15, -0.1) is 0 Å². The molecule has 1 unspecified atom stereocenters. The lowest BCUT2D eigenvalue weighted by molar-refractivity contribution is 0.413. The predicted octanol–water partition coefficient (Wildman–Crippen LogP) is 5.46. The van der Waals surface area contributed by atoms with Crippen molar-refractivity contribution >= 4 is 11.4 Å². The Morgan fingerprint density at radius 3 is 2.76 bits per heavy atom. The van der Waals surface area contributed by atoms with Gasteiger partial charge in [0.2, 0.25) is 0 Å². The summed E-state index contributed by atoms with van der Waals surface area (Å²) in [5, 5.41) is 3.26. The number of aliphatic imine (C=N–C) groups is 1. The Labute approximate surface area is 193 Å². The Balaban J connectivity index is 1.59. The number of hydrogen-bond donors (Lipinski definition) is 2. The molecule has 1 fully saturated rings. The molecule has 170 valence electrons. The number of imidazole rings is 1.